The molecule has 1 amide bonds. The second kappa shape index (κ2) is 9.25. The Kier molecular flexibility index (Phi) is 7.03. The monoisotopic (exact) mass is 368 g/mol. The average molecular weight is 369 g/mol. The van der Waals surface area contributed by atoms with Crippen molar-refractivity contribution >= 4 is 34.8 Å². The van der Waals surface area contributed by atoms with Gasteiger partial charge in [-0.05, 0) is 42.5 Å². The second-order valence-electron chi connectivity index (χ2n) is 4.85. The minimum absolute atomic E-state index is 0.0998. The Morgan fingerprint density at radius 2 is 1.79 bits per heavy atom. The van der Waals surface area contributed by atoms with Crippen molar-refractivity contribution in [3.63, 3.8) is 0 Å². The van der Waals surface area contributed by atoms with E-state index in [4.69, 9.17) is 32.7 Å². The van der Waals surface area contributed by atoms with E-state index >= 15 is 0 Å². The Morgan fingerprint density at radius 3 is 2.50 bits per heavy atom. The lowest BCUT2D eigenvalue weighted by atomic mass is 10.3. The van der Waals surface area contributed by atoms with E-state index in [1.807, 2.05) is 24.3 Å². The lowest BCUT2D eigenvalue weighted by molar-refractivity contribution is -0.119. The zero-order valence-corrected chi connectivity index (χ0v) is 14.7. The molecule has 0 unspecified atom stereocenters. The van der Waals surface area contributed by atoms with Crippen molar-refractivity contribution in [2.75, 3.05) is 32.1 Å². The predicted molar refractivity (Wildman–Crippen MR) is 96.5 cm³/mol. The minimum Gasteiger partial charge on any atom is -0.497 e. The molecule has 0 bridgehead atoms. The normalized spacial score (nSPS) is 10.1. The summed E-state index contributed by atoms with van der Waals surface area (Å²) in [4.78, 5) is 11.8. The fraction of sp³-hybridized carbons (Fsp3) is 0.235. The van der Waals surface area contributed by atoms with Gasteiger partial charge in [-0.3, -0.25) is 4.79 Å². The number of anilines is 1. The zero-order valence-electron chi connectivity index (χ0n) is 13.1. The summed E-state index contributed by atoms with van der Waals surface area (Å²) in [5, 5.41) is 6.75. The summed E-state index contributed by atoms with van der Waals surface area (Å²) in [6.45, 7) is 0.869. The summed E-state index contributed by atoms with van der Waals surface area (Å²) >= 11 is 11.9. The summed E-state index contributed by atoms with van der Waals surface area (Å²) in [7, 11) is 1.61. The minimum atomic E-state index is -0.163. The highest BCUT2D eigenvalue weighted by atomic mass is 35.5. The maximum Gasteiger partial charge on any atom is 0.239 e. The number of ether oxygens (including phenoxy) is 2. The van der Waals surface area contributed by atoms with Crippen molar-refractivity contribution in [3.8, 4) is 11.5 Å². The molecule has 0 saturated carbocycles. The van der Waals surface area contributed by atoms with Crippen molar-refractivity contribution in [1.82, 2.24) is 5.32 Å². The Balaban J connectivity index is 1.66. The fourth-order valence-corrected chi connectivity index (χ4v) is 2.26. The van der Waals surface area contributed by atoms with Gasteiger partial charge in [0.25, 0.3) is 0 Å². The molecule has 2 N–H and O–H groups in total. The Morgan fingerprint density at radius 1 is 1.08 bits per heavy atom. The number of rotatable bonds is 8. The molecule has 128 valence electrons. The molecule has 0 atom stereocenters. The van der Waals surface area contributed by atoms with Gasteiger partial charge in [-0.1, -0.05) is 23.2 Å². The molecule has 0 aliphatic heterocycles. The first kappa shape index (κ1) is 18.2. The summed E-state index contributed by atoms with van der Waals surface area (Å²) in [6.07, 6.45) is 0. The van der Waals surface area contributed by atoms with Crippen LogP contribution in [0.1, 0.15) is 0 Å². The molecule has 2 rings (SSSR count). The second-order valence-corrected chi connectivity index (χ2v) is 5.70. The number of halogens is 2. The van der Waals surface area contributed by atoms with Crippen LogP contribution in [0.2, 0.25) is 10.0 Å². The molecule has 5 nitrogen and oxygen atoms in total. The maximum atomic E-state index is 11.8. The van der Waals surface area contributed by atoms with Crippen LogP contribution in [0.25, 0.3) is 0 Å². The number of amides is 1. The first-order valence-electron chi connectivity index (χ1n) is 7.31. The van der Waals surface area contributed by atoms with Crippen molar-refractivity contribution in [1.29, 1.82) is 0 Å². The molecule has 24 heavy (non-hydrogen) atoms. The van der Waals surface area contributed by atoms with Crippen LogP contribution in [0.4, 0.5) is 5.69 Å². The molecule has 0 saturated heterocycles. The van der Waals surface area contributed by atoms with Crippen molar-refractivity contribution < 1.29 is 14.3 Å². The van der Waals surface area contributed by atoms with E-state index in [0.29, 0.717) is 34.6 Å². The van der Waals surface area contributed by atoms with Gasteiger partial charge in [0.2, 0.25) is 5.91 Å². The Labute approximate surface area is 150 Å². The third kappa shape index (κ3) is 5.83. The molecule has 0 heterocycles. The zero-order chi connectivity index (χ0) is 17.4. The first-order chi connectivity index (χ1) is 11.6. The van der Waals surface area contributed by atoms with E-state index in [1.54, 1.807) is 25.3 Å². The third-order valence-corrected chi connectivity index (χ3v) is 3.68. The summed E-state index contributed by atoms with van der Waals surface area (Å²) in [6, 6.07) is 12.3. The van der Waals surface area contributed by atoms with E-state index in [-0.39, 0.29) is 12.5 Å². The summed E-state index contributed by atoms with van der Waals surface area (Å²) < 4.78 is 10.6. The lowest BCUT2D eigenvalue weighted by Gasteiger charge is -2.10. The van der Waals surface area contributed by atoms with Gasteiger partial charge in [0.15, 0.2) is 0 Å². The predicted octanol–water partition coefficient (Wildman–Crippen LogP) is 3.61. The highest BCUT2D eigenvalue weighted by molar-refractivity contribution is 6.35. The van der Waals surface area contributed by atoms with Gasteiger partial charge >= 0.3 is 0 Å². The number of benzene rings is 2. The van der Waals surface area contributed by atoms with E-state index in [0.717, 1.165) is 5.75 Å². The first-order valence-corrected chi connectivity index (χ1v) is 8.06. The van der Waals surface area contributed by atoms with Crippen molar-refractivity contribution in [2.45, 2.75) is 0 Å². The number of carbonyl (C=O) groups excluding carboxylic acids is 1. The van der Waals surface area contributed by atoms with Crippen molar-refractivity contribution in [2.24, 2.45) is 0 Å². The van der Waals surface area contributed by atoms with Gasteiger partial charge in [0, 0.05) is 5.02 Å². The molecule has 0 radical (unpaired) electrons. The standard InChI is InChI=1S/C17H18Cl2N2O3/c1-23-13-3-5-14(6-4-13)24-9-8-20-17(22)11-21-16-10-12(18)2-7-15(16)19/h2-7,10,21H,8-9,11H2,1H3,(H,20,22). The summed E-state index contributed by atoms with van der Waals surface area (Å²) in [5.74, 6) is 1.32. The van der Waals surface area contributed by atoms with Crippen LogP contribution in [0.5, 0.6) is 11.5 Å². The van der Waals surface area contributed by atoms with Crippen LogP contribution in [0, 0.1) is 0 Å². The number of nitrogens with one attached hydrogen (secondary N) is 2. The molecule has 7 heteroatoms. The van der Waals surface area contributed by atoms with Crippen LogP contribution < -0.4 is 20.1 Å². The summed E-state index contributed by atoms with van der Waals surface area (Å²) in [5.41, 5.74) is 0.619. The fourth-order valence-electron chi connectivity index (χ4n) is 1.90. The van der Waals surface area contributed by atoms with Gasteiger partial charge in [-0.2, -0.15) is 0 Å². The van der Waals surface area contributed by atoms with Gasteiger partial charge in [0.1, 0.15) is 18.1 Å². The quantitative estimate of drug-likeness (QED) is 0.698. The number of carbonyl (C=O) groups is 1. The molecule has 2 aromatic carbocycles. The van der Waals surface area contributed by atoms with Crippen LogP contribution in [0.3, 0.4) is 0 Å². The van der Waals surface area contributed by atoms with Crippen LogP contribution in [-0.4, -0.2) is 32.7 Å². The van der Waals surface area contributed by atoms with E-state index in [1.165, 1.54) is 0 Å². The molecular formula is C17H18Cl2N2O3. The number of hydrogen-bond acceptors (Lipinski definition) is 4. The van der Waals surface area contributed by atoms with Gasteiger partial charge in [-0.25, -0.2) is 0 Å². The molecule has 0 fully saturated rings. The maximum absolute atomic E-state index is 11.8. The lowest BCUT2D eigenvalue weighted by Crippen LogP contribution is -2.33. The van der Waals surface area contributed by atoms with Crippen molar-refractivity contribution in [3.05, 3.63) is 52.5 Å². The average Bonchev–Trinajstić information content (AvgIpc) is 2.60. The largest absolute Gasteiger partial charge is 0.497 e. The third-order valence-electron chi connectivity index (χ3n) is 3.12. The van der Waals surface area contributed by atoms with Gasteiger partial charge in [0.05, 0.1) is 30.9 Å². The molecule has 0 aliphatic rings. The van der Waals surface area contributed by atoms with E-state index < -0.39 is 0 Å². The molecule has 0 aliphatic carbocycles. The van der Waals surface area contributed by atoms with Crippen LogP contribution in [0.15, 0.2) is 42.5 Å². The number of methoxy groups -OCH3 is 1. The topological polar surface area (TPSA) is 59.6 Å². The van der Waals surface area contributed by atoms with Gasteiger partial charge in [-0.15, -0.1) is 0 Å². The smallest absolute Gasteiger partial charge is 0.239 e. The molecule has 2 aromatic rings. The Bertz CT molecular complexity index is 678. The van der Waals surface area contributed by atoms with Crippen LogP contribution >= 0.6 is 23.2 Å². The highest BCUT2D eigenvalue weighted by Crippen LogP contribution is 2.25. The number of hydrogen-bond donors (Lipinski definition) is 2. The van der Waals surface area contributed by atoms with E-state index in [9.17, 15) is 4.79 Å². The van der Waals surface area contributed by atoms with Crippen LogP contribution in [-0.2, 0) is 4.79 Å². The van der Waals surface area contributed by atoms with Gasteiger partial charge < -0.3 is 20.1 Å². The molecule has 0 spiro atoms. The Hall–Kier alpha value is -2.11. The SMILES string of the molecule is COc1ccc(OCCNC(=O)CNc2cc(Cl)ccc2Cl)cc1. The molecular weight excluding hydrogens is 351 g/mol. The molecule has 0 aromatic heterocycles. The highest BCUT2D eigenvalue weighted by Gasteiger charge is 2.04. The van der Waals surface area contributed by atoms with E-state index in [2.05, 4.69) is 10.6 Å².